The smallest absolute Gasteiger partial charge is 0.339 e. The molecule has 0 unspecified atom stereocenters. The molecule has 0 saturated carbocycles. The Morgan fingerprint density at radius 3 is 2.59 bits per heavy atom. The Morgan fingerprint density at radius 2 is 2.06 bits per heavy atom. The van der Waals surface area contributed by atoms with Crippen LogP contribution in [0, 0.1) is 6.92 Å². The lowest BCUT2D eigenvalue weighted by molar-refractivity contribution is -0.115. The fourth-order valence-corrected chi connectivity index (χ4v) is 1.93. The molecule has 5 heteroatoms. The van der Waals surface area contributed by atoms with Crippen LogP contribution in [0.5, 0.6) is 0 Å². The second-order valence-corrected chi connectivity index (χ2v) is 4.39. The largest absolute Gasteiger partial charge is 0.465 e. The fraction of sp³-hybridized carbons (Fsp3) is 0.333. The lowest BCUT2D eigenvalue weighted by Gasteiger charge is -2.11. The van der Waals surface area contributed by atoms with Crippen LogP contribution >= 0.6 is 15.9 Å². The van der Waals surface area contributed by atoms with Gasteiger partial charge in [-0.25, -0.2) is 4.79 Å². The molecule has 0 heterocycles. The summed E-state index contributed by atoms with van der Waals surface area (Å²) in [5.74, 6) is -0.532. The lowest BCUT2D eigenvalue weighted by Crippen LogP contribution is -2.12. The van der Waals surface area contributed by atoms with Gasteiger partial charge in [-0.15, -0.1) is 0 Å². The number of aryl methyl sites for hydroxylation is 1. The topological polar surface area (TPSA) is 55.4 Å². The highest BCUT2D eigenvalue weighted by molar-refractivity contribution is 9.10. The fourth-order valence-electron chi connectivity index (χ4n) is 1.31. The summed E-state index contributed by atoms with van der Waals surface area (Å²) in [4.78, 5) is 22.8. The Bertz CT molecular complexity index is 457. The molecule has 17 heavy (non-hydrogen) atoms. The molecule has 4 nitrogen and oxygen atoms in total. The first-order chi connectivity index (χ1) is 7.99. The number of halogens is 1. The van der Waals surface area contributed by atoms with Crippen LogP contribution in [0.2, 0.25) is 0 Å². The zero-order valence-electron chi connectivity index (χ0n) is 9.96. The van der Waals surface area contributed by atoms with Crippen LogP contribution in [0.15, 0.2) is 16.6 Å². The van der Waals surface area contributed by atoms with Crippen molar-refractivity contribution in [2.24, 2.45) is 0 Å². The highest BCUT2D eigenvalue weighted by atomic mass is 79.9. The second-order valence-electron chi connectivity index (χ2n) is 3.54. The van der Waals surface area contributed by atoms with Crippen LogP contribution in [-0.4, -0.2) is 19.0 Å². The van der Waals surface area contributed by atoms with Gasteiger partial charge in [0.15, 0.2) is 0 Å². The van der Waals surface area contributed by atoms with Gasteiger partial charge in [-0.2, -0.15) is 0 Å². The van der Waals surface area contributed by atoms with Crippen LogP contribution in [0.25, 0.3) is 0 Å². The number of hydrogen-bond acceptors (Lipinski definition) is 3. The summed E-state index contributed by atoms with van der Waals surface area (Å²) >= 11 is 3.29. The average Bonchev–Trinajstić information content (AvgIpc) is 2.31. The standard InChI is InChI=1S/C12H14BrNO3/c1-4-11(15)14-10-6-8(12(16)17-3)9(13)5-7(10)2/h5-6H,4H2,1-3H3,(H,14,15). The molecule has 1 rings (SSSR count). The Labute approximate surface area is 108 Å². The van der Waals surface area contributed by atoms with E-state index in [1.165, 1.54) is 7.11 Å². The summed E-state index contributed by atoms with van der Waals surface area (Å²) in [5.41, 5.74) is 1.90. The Morgan fingerprint density at radius 1 is 1.41 bits per heavy atom. The maximum atomic E-state index is 11.5. The Hall–Kier alpha value is -1.36. The molecular formula is C12H14BrNO3. The van der Waals surface area contributed by atoms with Gasteiger partial charge in [0, 0.05) is 16.6 Å². The third-order valence-electron chi connectivity index (χ3n) is 2.31. The first kappa shape index (κ1) is 13.7. The van der Waals surface area contributed by atoms with E-state index in [9.17, 15) is 9.59 Å². The molecule has 0 radical (unpaired) electrons. The van der Waals surface area contributed by atoms with Crippen LogP contribution in [-0.2, 0) is 9.53 Å². The minimum Gasteiger partial charge on any atom is -0.465 e. The predicted octanol–water partition coefficient (Wildman–Crippen LogP) is 2.89. The average molecular weight is 300 g/mol. The van der Waals surface area contributed by atoms with E-state index in [2.05, 4.69) is 26.0 Å². The zero-order chi connectivity index (χ0) is 13.0. The van der Waals surface area contributed by atoms with Crippen molar-refractivity contribution in [2.75, 3.05) is 12.4 Å². The zero-order valence-corrected chi connectivity index (χ0v) is 11.6. The van der Waals surface area contributed by atoms with E-state index in [0.29, 0.717) is 22.1 Å². The summed E-state index contributed by atoms with van der Waals surface area (Å²) in [6.07, 6.45) is 0.392. The van der Waals surface area contributed by atoms with Crippen molar-refractivity contribution in [3.05, 3.63) is 27.7 Å². The van der Waals surface area contributed by atoms with Crippen LogP contribution in [0.4, 0.5) is 5.69 Å². The molecule has 0 aliphatic rings. The minimum absolute atomic E-state index is 0.0914. The van der Waals surface area contributed by atoms with E-state index in [0.717, 1.165) is 5.56 Å². The molecular weight excluding hydrogens is 286 g/mol. The molecule has 0 aliphatic heterocycles. The number of rotatable bonds is 3. The molecule has 92 valence electrons. The SMILES string of the molecule is CCC(=O)Nc1cc(C(=O)OC)c(Br)cc1C. The lowest BCUT2D eigenvalue weighted by atomic mass is 10.1. The highest BCUT2D eigenvalue weighted by Gasteiger charge is 2.14. The number of ether oxygens (including phenoxy) is 1. The van der Waals surface area contributed by atoms with Crippen LogP contribution in [0.3, 0.4) is 0 Å². The van der Waals surface area contributed by atoms with Crippen molar-refractivity contribution in [1.82, 2.24) is 0 Å². The molecule has 0 atom stereocenters. The number of carbonyl (C=O) groups is 2. The number of amides is 1. The molecule has 1 aromatic rings. The summed E-state index contributed by atoms with van der Waals surface area (Å²) in [6.45, 7) is 3.63. The third kappa shape index (κ3) is 3.30. The maximum Gasteiger partial charge on any atom is 0.339 e. The number of esters is 1. The number of methoxy groups -OCH3 is 1. The third-order valence-corrected chi connectivity index (χ3v) is 2.97. The number of benzene rings is 1. The van der Waals surface area contributed by atoms with Gasteiger partial charge in [-0.3, -0.25) is 4.79 Å². The van der Waals surface area contributed by atoms with Gasteiger partial charge in [-0.1, -0.05) is 6.92 Å². The van der Waals surface area contributed by atoms with Crippen LogP contribution in [0.1, 0.15) is 29.3 Å². The summed E-state index contributed by atoms with van der Waals surface area (Å²) < 4.78 is 5.31. The number of nitrogens with one attached hydrogen (secondary N) is 1. The quantitative estimate of drug-likeness (QED) is 0.873. The van der Waals surface area contributed by atoms with Gasteiger partial charge in [0.1, 0.15) is 0 Å². The number of hydrogen-bond donors (Lipinski definition) is 1. The minimum atomic E-state index is -0.441. The van der Waals surface area contributed by atoms with Crippen molar-refractivity contribution < 1.29 is 14.3 Å². The van der Waals surface area contributed by atoms with E-state index in [1.54, 1.807) is 19.1 Å². The predicted molar refractivity (Wildman–Crippen MR) is 69.1 cm³/mol. The molecule has 0 aromatic heterocycles. The van der Waals surface area contributed by atoms with Gasteiger partial charge in [0.25, 0.3) is 0 Å². The van der Waals surface area contributed by atoms with Gasteiger partial charge in [-0.05, 0) is 40.5 Å². The van der Waals surface area contributed by atoms with E-state index >= 15 is 0 Å². The molecule has 1 amide bonds. The first-order valence-electron chi connectivity index (χ1n) is 5.17. The summed E-state index contributed by atoms with van der Waals surface area (Å²) in [7, 11) is 1.32. The number of carbonyl (C=O) groups excluding carboxylic acids is 2. The molecule has 0 aliphatic carbocycles. The molecule has 0 bridgehead atoms. The van der Waals surface area contributed by atoms with Crippen molar-refractivity contribution in [3.8, 4) is 0 Å². The first-order valence-corrected chi connectivity index (χ1v) is 5.97. The monoisotopic (exact) mass is 299 g/mol. The molecule has 0 saturated heterocycles. The van der Waals surface area contributed by atoms with Crippen LogP contribution < -0.4 is 5.32 Å². The van der Waals surface area contributed by atoms with Crippen molar-refractivity contribution >= 4 is 33.5 Å². The van der Waals surface area contributed by atoms with Crippen molar-refractivity contribution in [1.29, 1.82) is 0 Å². The maximum absolute atomic E-state index is 11.5. The van der Waals surface area contributed by atoms with Crippen molar-refractivity contribution in [3.63, 3.8) is 0 Å². The van der Waals surface area contributed by atoms with E-state index in [4.69, 9.17) is 0 Å². The molecule has 1 aromatic carbocycles. The normalized spacial score (nSPS) is 9.88. The summed E-state index contributed by atoms with van der Waals surface area (Å²) in [5, 5.41) is 2.74. The Kier molecular flexibility index (Phi) is 4.69. The molecule has 0 fully saturated rings. The molecule has 0 spiro atoms. The van der Waals surface area contributed by atoms with E-state index in [1.807, 2.05) is 6.92 Å². The number of anilines is 1. The van der Waals surface area contributed by atoms with Gasteiger partial charge in [0.05, 0.1) is 12.7 Å². The molecule has 1 N–H and O–H groups in total. The van der Waals surface area contributed by atoms with Crippen molar-refractivity contribution in [2.45, 2.75) is 20.3 Å². The van der Waals surface area contributed by atoms with Gasteiger partial charge in [0.2, 0.25) is 5.91 Å². The van der Waals surface area contributed by atoms with E-state index < -0.39 is 5.97 Å². The summed E-state index contributed by atoms with van der Waals surface area (Å²) in [6, 6.07) is 3.39. The Balaban J connectivity index is 3.14. The van der Waals surface area contributed by atoms with E-state index in [-0.39, 0.29) is 5.91 Å². The second kappa shape index (κ2) is 5.82. The van der Waals surface area contributed by atoms with Gasteiger partial charge < -0.3 is 10.1 Å². The van der Waals surface area contributed by atoms with Gasteiger partial charge >= 0.3 is 5.97 Å². The highest BCUT2D eigenvalue weighted by Crippen LogP contribution is 2.26.